The van der Waals surface area contributed by atoms with Gasteiger partial charge in [-0.3, -0.25) is 14.7 Å². The Morgan fingerprint density at radius 2 is 2.41 bits per heavy atom. The summed E-state index contributed by atoms with van der Waals surface area (Å²) in [5.41, 5.74) is 1.91. The number of carbonyl (C=O) groups is 1. The molecule has 0 fully saturated rings. The Balaban J connectivity index is 1.97. The van der Waals surface area contributed by atoms with Crippen molar-refractivity contribution in [2.24, 2.45) is 4.99 Å². The van der Waals surface area contributed by atoms with Crippen molar-refractivity contribution >= 4 is 28.6 Å². The highest BCUT2D eigenvalue weighted by atomic mass is 32.2. The molecule has 1 aromatic rings. The first kappa shape index (κ1) is 10.4. The highest BCUT2D eigenvalue weighted by molar-refractivity contribution is 8.14. The van der Waals surface area contributed by atoms with E-state index in [0.717, 1.165) is 27.9 Å². The van der Waals surface area contributed by atoms with Crippen molar-refractivity contribution in [1.82, 2.24) is 0 Å². The molecule has 17 heavy (non-hydrogen) atoms. The lowest BCUT2D eigenvalue weighted by atomic mass is 10.1. The Morgan fingerprint density at radius 3 is 3.24 bits per heavy atom. The minimum absolute atomic E-state index is 0.0656. The lowest BCUT2D eigenvalue weighted by molar-refractivity contribution is -0.136. The van der Waals surface area contributed by atoms with Crippen molar-refractivity contribution in [2.45, 2.75) is 11.3 Å². The van der Waals surface area contributed by atoms with Crippen LogP contribution in [0.3, 0.4) is 0 Å². The molecule has 0 amide bonds. The molecule has 0 atom stereocenters. The Hall–Kier alpha value is -1.75. The van der Waals surface area contributed by atoms with E-state index >= 15 is 0 Å². The summed E-state index contributed by atoms with van der Waals surface area (Å²) >= 11 is 1.59. The molecule has 1 aromatic carbocycles. The summed E-state index contributed by atoms with van der Waals surface area (Å²) in [7, 11) is 0. The lowest BCUT2D eigenvalue weighted by Crippen LogP contribution is -2.20. The Labute approximate surface area is 103 Å². The number of carboxylic acid groups (broad SMARTS) is 1. The van der Waals surface area contributed by atoms with Gasteiger partial charge in [-0.2, -0.15) is 0 Å². The van der Waals surface area contributed by atoms with Gasteiger partial charge in [0.1, 0.15) is 0 Å². The topological polar surface area (TPSA) is 52.9 Å². The van der Waals surface area contributed by atoms with E-state index in [0.29, 0.717) is 0 Å². The van der Waals surface area contributed by atoms with Crippen LogP contribution < -0.4 is 4.90 Å². The van der Waals surface area contributed by atoms with E-state index in [1.165, 1.54) is 0 Å². The molecule has 0 unspecified atom stereocenters. The molecule has 2 aliphatic heterocycles. The smallest absolute Gasteiger partial charge is 0.307 e. The average molecular weight is 246 g/mol. The fraction of sp³-hybridized carbons (Fsp3) is 0.167. The molecule has 0 radical (unpaired) electrons. The highest BCUT2D eigenvalue weighted by Gasteiger charge is 2.26. The molecular weight excluding hydrogens is 236 g/mol. The quantitative estimate of drug-likeness (QED) is 0.868. The van der Waals surface area contributed by atoms with Gasteiger partial charge in [0.25, 0.3) is 0 Å². The normalized spacial score (nSPS) is 16.5. The van der Waals surface area contributed by atoms with Crippen LogP contribution in [0.1, 0.15) is 5.56 Å². The van der Waals surface area contributed by atoms with Crippen molar-refractivity contribution in [3.05, 3.63) is 36.0 Å². The fourth-order valence-electron chi connectivity index (χ4n) is 1.91. The predicted octanol–water partition coefficient (Wildman–Crippen LogP) is 2.11. The van der Waals surface area contributed by atoms with Crippen LogP contribution in [0.5, 0.6) is 0 Å². The molecule has 0 aromatic heterocycles. The number of aliphatic imine (C=N–C) groups is 1. The lowest BCUT2D eigenvalue weighted by Gasteiger charge is -2.16. The number of thioether (sulfide) groups is 1. The second-order valence-corrected chi connectivity index (χ2v) is 4.86. The van der Waals surface area contributed by atoms with Crippen LogP contribution in [0.25, 0.3) is 0 Å². The first-order valence-electron chi connectivity index (χ1n) is 5.27. The Morgan fingerprint density at radius 1 is 1.53 bits per heavy atom. The van der Waals surface area contributed by atoms with E-state index in [2.05, 4.69) is 4.99 Å². The summed E-state index contributed by atoms with van der Waals surface area (Å²) in [6.45, 7) is 0.717. The third-order valence-corrected chi connectivity index (χ3v) is 3.69. The maximum Gasteiger partial charge on any atom is 0.307 e. The molecule has 5 heteroatoms. The van der Waals surface area contributed by atoms with Crippen molar-refractivity contribution in [1.29, 1.82) is 0 Å². The van der Waals surface area contributed by atoms with E-state index in [4.69, 9.17) is 5.11 Å². The number of amidine groups is 1. The second kappa shape index (κ2) is 3.92. The molecule has 0 saturated heterocycles. The monoisotopic (exact) mass is 246 g/mol. The van der Waals surface area contributed by atoms with Gasteiger partial charge in [0.2, 0.25) is 0 Å². The first-order chi connectivity index (χ1) is 8.24. The van der Waals surface area contributed by atoms with Crippen molar-refractivity contribution < 1.29 is 9.90 Å². The van der Waals surface area contributed by atoms with Gasteiger partial charge in [-0.25, -0.2) is 0 Å². The second-order valence-electron chi connectivity index (χ2n) is 3.85. The molecule has 1 N–H and O–H groups in total. The highest BCUT2D eigenvalue weighted by Crippen LogP contribution is 2.41. The summed E-state index contributed by atoms with van der Waals surface area (Å²) in [5.74, 6) is -0.803. The van der Waals surface area contributed by atoms with E-state index in [9.17, 15) is 4.79 Å². The molecule has 2 aliphatic rings. The van der Waals surface area contributed by atoms with Crippen molar-refractivity contribution in [3.8, 4) is 0 Å². The van der Waals surface area contributed by atoms with Gasteiger partial charge in [0, 0.05) is 11.1 Å². The standard InChI is InChI=1S/C12H10N2O2S/c15-11(16)7-8-2-3-9-10(6-8)17-12-13-4-1-5-14(9)12/h1-3,5-6H,4,7H2,(H,15,16). The zero-order valence-corrected chi connectivity index (χ0v) is 9.78. The number of hydrogen-bond acceptors (Lipinski definition) is 4. The summed E-state index contributed by atoms with van der Waals surface area (Å²) in [5, 5.41) is 9.74. The third kappa shape index (κ3) is 1.82. The van der Waals surface area contributed by atoms with Crippen LogP contribution >= 0.6 is 11.8 Å². The van der Waals surface area contributed by atoms with Gasteiger partial charge in [-0.15, -0.1) is 0 Å². The number of nitrogens with zero attached hydrogens (tertiary/aromatic N) is 2. The SMILES string of the molecule is O=C(O)Cc1ccc2c(c1)SC1=NCC=CN12. The minimum atomic E-state index is -0.803. The van der Waals surface area contributed by atoms with Gasteiger partial charge in [0.15, 0.2) is 5.17 Å². The van der Waals surface area contributed by atoms with Gasteiger partial charge in [-0.05, 0) is 35.5 Å². The average Bonchev–Trinajstić information content (AvgIpc) is 2.65. The van der Waals surface area contributed by atoms with Crippen LogP contribution in [0.4, 0.5) is 5.69 Å². The Kier molecular flexibility index (Phi) is 2.40. The summed E-state index contributed by atoms with van der Waals surface area (Å²) in [6, 6.07) is 5.75. The van der Waals surface area contributed by atoms with E-state index in [-0.39, 0.29) is 6.42 Å². The number of benzene rings is 1. The summed E-state index contributed by atoms with van der Waals surface area (Å²) < 4.78 is 0. The Bertz CT molecular complexity index is 551. The molecule has 0 saturated carbocycles. The van der Waals surface area contributed by atoms with Gasteiger partial charge in [0.05, 0.1) is 18.7 Å². The number of rotatable bonds is 2. The van der Waals surface area contributed by atoms with Crippen LogP contribution in [0, 0.1) is 0 Å². The fourth-order valence-corrected chi connectivity index (χ4v) is 2.98. The van der Waals surface area contributed by atoms with E-state index in [1.54, 1.807) is 11.8 Å². The third-order valence-electron chi connectivity index (χ3n) is 2.63. The summed E-state index contributed by atoms with van der Waals surface area (Å²) in [4.78, 5) is 18.2. The first-order valence-corrected chi connectivity index (χ1v) is 6.08. The zero-order chi connectivity index (χ0) is 11.8. The molecule has 0 aliphatic carbocycles. The van der Waals surface area contributed by atoms with Crippen LogP contribution in [-0.2, 0) is 11.2 Å². The van der Waals surface area contributed by atoms with Crippen LogP contribution in [0.15, 0.2) is 40.4 Å². The maximum atomic E-state index is 10.7. The number of carboxylic acids is 1. The largest absolute Gasteiger partial charge is 0.481 e. The number of anilines is 1. The van der Waals surface area contributed by atoms with Crippen LogP contribution in [-0.4, -0.2) is 22.8 Å². The van der Waals surface area contributed by atoms with E-state index in [1.807, 2.05) is 35.4 Å². The molecule has 2 heterocycles. The van der Waals surface area contributed by atoms with Gasteiger partial charge < -0.3 is 5.11 Å². The zero-order valence-electron chi connectivity index (χ0n) is 8.96. The molecule has 86 valence electrons. The molecular formula is C12H10N2O2S. The molecule has 4 nitrogen and oxygen atoms in total. The molecule has 3 rings (SSSR count). The number of hydrogen-bond donors (Lipinski definition) is 1. The summed E-state index contributed by atoms with van der Waals surface area (Å²) in [6.07, 6.45) is 4.08. The van der Waals surface area contributed by atoms with Crippen LogP contribution in [0.2, 0.25) is 0 Å². The molecule has 0 bridgehead atoms. The number of aliphatic carboxylic acids is 1. The van der Waals surface area contributed by atoms with E-state index < -0.39 is 5.97 Å². The predicted molar refractivity (Wildman–Crippen MR) is 67.6 cm³/mol. The van der Waals surface area contributed by atoms with Crippen molar-refractivity contribution in [2.75, 3.05) is 11.4 Å². The number of fused-ring (bicyclic) bond motifs is 3. The minimum Gasteiger partial charge on any atom is -0.481 e. The van der Waals surface area contributed by atoms with Crippen molar-refractivity contribution in [3.63, 3.8) is 0 Å². The van der Waals surface area contributed by atoms with Gasteiger partial charge in [-0.1, -0.05) is 6.07 Å². The maximum absolute atomic E-state index is 10.7. The van der Waals surface area contributed by atoms with Gasteiger partial charge >= 0.3 is 5.97 Å². The molecule has 0 spiro atoms.